The first-order chi connectivity index (χ1) is 10.6. The van der Waals surface area contributed by atoms with E-state index in [1.807, 2.05) is 0 Å². The second-order valence-electron chi connectivity index (χ2n) is 8.74. The topological polar surface area (TPSA) is 58.9 Å². The fourth-order valence-corrected chi connectivity index (χ4v) is 5.65. The molecule has 4 nitrogen and oxygen atoms in total. The molecule has 1 heterocycles. The lowest BCUT2D eigenvalue weighted by atomic mass is 10.0. The first-order valence-corrected chi connectivity index (χ1v) is 12.0. The van der Waals surface area contributed by atoms with Crippen molar-refractivity contribution in [3.8, 4) is 0 Å². The van der Waals surface area contributed by atoms with Crippen molar-refractivity contribution in [1.82, 2.24) is 0 Å². The molecule has 2 aliphatic rings. The molecule has 5 heteroatoms. The van der Waals surface area contributed by atoms with Crippen LogP contribution in [0.15, 0.2) is 12.2 Å². The van der Waals surface area contributed by atoms with Crippen molar-refractivity contribution in [2.45, 2.75) is 88.8 Å². The highest BCUT2D eigenvalue weighted by Crippen LogP contribution is 2.46. The molecule has 1 aliphatic heterocycles. The molecule has 23 heavy (non-hydrogen) atoms. The Kier molecular flexibility index (Phi) is 5.79. The average Bonchev–Trinajstić information content (AvgIpc) is 2.73. The smallest absolute Gasteiger partial charge is 0.157 e. The molecule has 0 radical (unpaired) electrons. The summed E-state index contributed by atoms with van der Waals surface area (Å²) in [5, 5.41) is 21.5. The Morgan fingerprint density at radius 1 is 1.30 bits per heavy atom. The van der Waals surface area contributed by atoms with E-state index in [1.165, 1.54) is 0 Å². The minimum absolute atomic E-state index is 0.0616. The summed E-state index contributed by atoms with van der Waals surface area (Å²) in [5.74, 6) is -0.198. The number of aliphatic hydroxyl groups is 2. The highest BCUT2D eigenvalue weighted by atomic mass is 28.3. The van der Waals surface area contributed by atoms with Gasteiger partial charge < -0.3 is 19.7 Å². The lowest BCUT2D eigenvalue weighted by Gasteiger charge is -2.44. The van der Waals surface area contributed by atoms with Gasteiger partial charge in [0.15, 0.2) is 6.29 Å². The summed E-state index contributed by atoms with van der Waals surface area (Å²) >= 11 is 0. The molecule has 0 aromatic heterocycles. The molecule has 2 unspecified atom stereocenters. The van der Waals surface area contributed by atoms with Gasteiger partial charge in [0.25, 0.3) is 0 Å². The van der Waals surface area contributed by atoms with Crippen LogP contribution in [0, 0.1) is 5.92 Å². The van der Waals surface area contributed by atoms with Gasteiger partial charge in [-0.15, -0.1) is 0 Å². The lowest BCUT2D eigenvalue weighted by molar-refractivity contribution is -0.197. The molecule has 0 aromatic rings. The third-order valence-electron chi connectivity index (χ3n) is 6.19. The Balaban J connectivity index is 2.16. The molecule has 0 aromatic carbocycles. The Morgan fingerprint density at radius 3 is 2.48 bits per heavy atom. The quantitative estimate of drug-likeness (QED) is 0.608. The van der Waals surface area contributed by atoms with Crippen molar-refractivity contribution in [2.75, 3.05) is 6.61 Å². The Labute approximate surface area is 141 Å². The van der Waals surface area contributed by atoms with Crippen molar-refractivity contribution in [3.05, 3.63) is 12.2 Å². The van der Waals surface area contributed by atoms with Gasteiger partial charge in [0.1, 0.15) is 0 Å². The zero-order valence-electron chi connectivity index (χ0n) is 15.3. The van der Waals surface area contributed by atoms with E-state index in [0.717, 1.165) is 31.4 Å². The normalized spacial score (nSPS) is 34.7. The largest absolute Gasteiger partial charge is 0.396 e. The summed E-state index contributed by atoms with van der Waals surface area (Å²) in [6, 6.07) is 0. The molecule has 134 valence electrons. The summed E-state index contributed by atoms with van der Waals surface area (Å²) in [6.07, 6.45) is 2.59. The van der Waals surface area contributed by atoms with E-state index in [0.29, 0.717) is 6.42 Å². The highest BCUT2D eigenvalue weighted by molar-refractivity contribution is 6.81. The number of ether oxygens (including phenoxy) is 2. The van der Waals surface area contributed by atoms with Crippen LogP contribution in [0.5, 0.6) is 0 Å². The Hall–Kier alpha value is -0.203. The molecular weight excluding hydrogens is 308 g/mol. The fraction of sp³-hybridized carbons (Fsp3) is 0.889. The lowest BCUT2D eigenvalue weighted by Crippen LogP contribution is -2.55. The monoisotopic (exact) mass is 342 g/mol. The molecule has 0 amide bonds. The minimum Gasteiger partial charge on any atom is -0.396 e. The van der Waals surface area contributed by atoms with E-state index in [4.69, 9.17) is 9.47 Å². The fourth-order valence-electron chi connectivity index (χ4n) is 3.43. The molecular formula is C18H34O4Si. The zero-order chi connectivity index (χ0) is 17.4. The van der Waals surface area contributed by atoms with Gasteiger partial charge in [-0.2, -0.15) is 0 Å². The van der Waals surface area contributed by atoms with E-state index >= 15 is 0 Å². The standard InChI is InChI=1S/C18H34O4Si/c1-12-13(19)11-14(22-15-9-7-8-10-21-15)16(12)17(20)23(5,6)18(2,3)4/h13-17,19-20H,1,7-11H2,2-6H3/t13-,14+,15?,16-,17?/m1/s1. The Morgan fingerprint density at radius 2 is 1.96 bits per heavy atom. The van der Waals surface area contributed by atoms with Crippen molar-refractivity contribution in [3.63, 3.8) is 0 Å². The summed E-state index contributed by atoms with van der Waals surface area (Å²) in [4.78, 5) is 0. The number of hydrogen-bond acceptors (Lipinski definition) is 4. The maximum absolute atomic E-state index is 11.2. The Bertz CT molecular complexity index is 423. The van der Waals surface area contributed by atoms with Gasteiger partial charge in [0.2, 0.25) is 0 Å². The third-order valence-corrected chi connectivity index (χ3v) is 11.9. The van der Waals surface area contributed by atoms with Crippen LogP contribution in [0.4, 0.5) is 0 Å². The van der Waals surface area contributed by atoms with Gasteiger partial charge in [0, 0.05) is 18.9 Å². The summed E-state index contributed by atoms with van der Waals surface area (Å²) < 4.78 is 11.8. The molecule has 2 N–H and O–H groups in total. The summed E-state index contributed by atoms with van der Waals surface area (Å²) in [6.45, 7) is 15.8. The molecule has 2 rings (SSSR count). The van der Waals surface area contributed by atoms with E-state index in [1.54, 1.807) is 0 Å². The third kappa shape index (κ3) is 3.90. The van der Waals surface area contributed by atoms with Gasteiger partial charge in [0.05, 0.1) is 26.0 Å². The SMILES string of the molecule is C=C1[C@H](O)C[C@H](OC2CCCCO2)[C@@H]1C(O)[Si](C)(C)C(C)(C)C. The van der Waals surface area contributed by atoms with Crippen LogP contribution < -0.4 is 0 Å². The van der Waals surface area contributed by atoms with Crippen LogP contribution in [0.25, 0.3) is 0 Å². The molecule has 2 fully saturated rings. The molecule has 0 bridgehead atoms. The van der Waals surface area contributed by atoms with E-state index in [-0.39, 0.29) is 23.4 Å². The summed E-state index contributed by atoms with van der Waals surface area (Å²) in [7, 11) is -1.99. The van der Waals surface area contributed by atoms with E-state index in [2.05, 4.69) is 40.4 Å². The van der Waals surface area contributed by atoms with Crippen molar-refractivity contribution >= 4 is 8.07 Å². The van der Waals surface area contributed by atoms with E-state index < -0.39 is 19.9 Å². The van der Waals surface area contributed by atoms with Crippen molar-refractivity contribution in [1.29, 1.82) is 0 Å². The maximum atomic E-state index is 11.2. The van der Waals surface area contributed by atoms with Crippen LogP contribution in [0.3, 0.4) is 0 Å². The highest BCUT2D eigenvalue weighted by Gasteiger charge is 2.51. The molecule has 1 saturated carbocycles. The number of aliphatic hydroxyl groups excluding tert-OH is 2. The van der Waals surface area contributed by atoms with Crippen molar-refractivity contribution < 1.29 is 19.7 Å². The molecule has 0 spiro atoms. The maximum Gasteiger partial charge on any atom is 0.157 e. The summed E-state index contributed by atoms with van der Waals surface area (Å²) in [5.41, 5.74) is 0.240. The van der Waals surface area contributed by atoms with E-state index in [9.17, 15) is 10.2 Å². The predicted molar refractivity (Wildman–Crippen MR) is 94.9 cm³/mol. The van der Waals surface area contributed by atoms with Crippen LogP contribution in [-0.4, -0.2) is 49.1 Å². The van der Waals surface area contributed by atoms with Crippen LogP contribution in [0.1, 0.15) is 46.5 Å². The average molecular weight is 343 g/mol. The first-order valence-electron chi connectivity index (χ1n) is 8.87. The van der Waals surface area contributed by atoms with Gasteiger partial charge in [-0.3, -0.25) is 0 Å². The predicted octanol–water partition coefficient (Wildman–Crippen LogP) is 3.24. The van der Waals surface area contributed by atoms with Gasteiger partial charge in [-0.25, -0.2) is 0 Å². The second-order valence-corrected chi connectivity index (χ2v) is 14.3. The van der Waals surface area contributed by atoms with Gasteiger partial charge >= 0.3 is 0 Å². The molecule has 5 atom stereocenters. The van der Waals surface area contributed by atoms with Gasteiger partial charge in [-0.1, -0.05) is 40.4 Å². The molecule has 1 saturated heterocycles. The second kappa shape index (κ2) is 6.96. The first kappa shape index (κ1) is 19.1. The van der Waals surface area contributed by atoms with Crippen LogP contribution in [0.2, 0.25) is 18.1 Å². The molecule has 1 aliphatic carbocycles. The van der Waals surface area contributed by atoms with Crippen molar-refractivity contribution in [2.24, 2.45) is 5.92 Å². The zero-order valence-corrected chi connectivity index (χ0v) is 16.3. The van der Waals surface area contributed by atoms with Crippen LogP contribution in [-0.2, 0) is 9.47 Å². The number of hydrogen-bond donors (Lipinski definition) is 2. The van der Waals surface area contributed by atoms with Gasteiger partial charge in [-0.05, 0) is 29.9 Å². The number of rotatable bonds is 4. The van der Waals surface area contributed by atoms with Crippen LogP contribution >= 0.6 is 0 Å². The minimum atomic E-state index is -1.99.